The molecule has 0 saturated carbocycles. The fourth-order valence-electron chi connectivity index (χ4n) is 3.69. The van der Waals surface area contributed by atoms with Crippen LogP contribution in [0.2, 0.25) is 0 Å². The first kappa shape index (κ1) is 19.6. The van der Waals surface area contributed by atoms with E-state index in [1.807, 2.05) is 48.5 Å². The summed E-state index contributed by atoms with van der Waals surface area (Å²) in [5, 5.41) is 5.48. The van der Waals surface area contributed by atoms with Crippen LogP contribution in [0.5, 0.6) is 0 Å². The molecule has 5 rings (SSSR count). The molecule has 1 atom stereocenters. The number of nitrogens with zero attached hydrogens (tertiary/aromatic N) is 3. The SMILES string of the molecule is O=C(Nc1c(-c2ccccc2)nc2ccccn12)C1CNC(=O)N(Cc2ccco2)C1=O. The van der Waals surface area contributed by atoms with Gasteiger partial charge < -0.3 is 15.1 Å². The average molecular weight is 429 g/mol. The van der Waals surface area contributed by atoms with Gasteiger partial charge in [-0.05, 0) is 24.3 Å². The Morgan fingerprint density at radius 2 is 1.91 bits per heavy atom. The van der Waals surface area contributed by atoms with Crippen LogP contribution >= 0.6 is 0 Å². The first-order chi connectivity index (χ1) is 15.6. The number of anilines is 1. The van der Waals surface area contributed by atoms with E-state index in [4.69, 9.17) is 4.42 Å². The molecule has 1 saturated heterocycles. The number of carbonyl (C=O) groups excluding carboxylic acids is 3. The summed E-state index contributed by atoms with van der Waals surface area (Å²) in [5.41, 5.74) is 2.07. The zero-order valence-electron chi connectivity index (χ0n) is 16.9. The average Bonchev–Trinajstić information content (AvgIpc) is 3.45. The smallest absolute Gasteiger partial charge is 0.324 e. The molecule has 160 valence electrons. The molecule has 0 radical (unpaired) electrons. The number of hydrogen-bond acceptors (Lipinski definition) is 5. The summed E-state index contributed by atoms with van der Waals surface area (Å²) in [6.07, 6.45) is 3.25. The lowest BCUT2D eigenvalue weighted by molar-refractivity contribution is -0.139. The van der Waals surface area contributed by atoms with Gasteiger partial charge in [0, 0.05) is 18.3 Å². The highest BCUT2D eigenvalue weighted by molar-refractivity contribution is 6.12. The number of imide groups is 1. The maximum atomic E-state index is 13.2. The number of pyridine rings is 1. The summed E-state index contributed by atoms with van der Waals surface area (Å²) in [6, 6.07) is 17.8. The van der Waals surface area contributed by atoms with Crippen LogP contribution in [-0.4, -0.2) is 38.7 Å². The third-order valence-electron chi connectivity index (χ3n) is 5.30. The zero-order valence-corrected chi connectivity index (χ0v) is 16.9. The standard InChI is InChI=1S/C23H19N5O4/c29-21(17-13-24-23(31)28(22(17)30)14-16-9-6-12-32-16)26-20-19(15-7-2-1-3-8-15)25-18-10-4-5-11-27(18)20/h1-12,17H,13-14H2,(H,24,31)(H,26,29). The number of amides is 4. The van der Waals surface area contributed by atoms with E-state index in [1.165, 1.54) is 6.26 Å². The highest BCUT2D eigenvalue weighted by Gasteiger charge is 2.39. The van der Waals surface area contributed by atoms with E-state index in [1.54, 1.807) is 22.7 Å². The molecule has 4 heterocycles. The van der Waals surface area contributed by atoms with Crippen LogP contribution in [0.1, 0.15) is 5.76 Å². The van der Waals surface area contributed by atoms with Gasteiger partial charge in [-0.25, -0.2) is 9.78 Å². The van der Waals surface area contributed by atoms with Crippen molar-refractivity contribution in [2.75, 3.05) is 11.9 Å². The molecule has 2 N–H and O–H groups in total. The van der Waals surface area contributed by atoms with Gasteiger partial charge in [0.1, 0.15) is 28.8 Å². The minimum absolute atomic E-state index is 0.0493. The molecule has 0 bridgehead atoms. The van der Waals surface area contributed by atoms with Crippen LogP contribution in [0.3, 0.4) is 0 Å². The summed E-state index contributed by atoms with van der Waals surface area (Å²) in [7, 11) is 0. The highest BCUT2D eigenvalue weighted by Crippen LogP contribution is 2.29. The summed E-state index contributed by atoms with van der Waals surface area (Å²) in [5.74, 6) is -1.29. The van der Waals surface area contributed by atoms with Crippen molar-refractivity contribution in [1.29, 1.82) is 0 Å². The van der Waals surface area contributed by atoms with Gasteiger partial charge in [0.2, 0.25) is 11.8 Å². The molecular formula is C23H19N5O4. The van der Waals surface area contributed by atoms with E-state index in [0.717, 1.165) is 10.5 Å². The molecule has 9 heteroatoms. The minimum atomic E-state index is -1.08. The molecule has 9 nitrogen and oxygen atoms in total. The Morgan fingerprint density at radius 1 is 1.09 bits per heavy atom. The third-order valence-corrected chi connectivity index (χ3v) is 5.30. The molecule has 1 unspecified atom stereocenters. The van der Waals surface area contributed by atoms with Gasteiger partial charge in [-0.1, -0.05) is 36.4 Å². The number of carbonyl (C=O) groups is 3. The van der Waals surface area contributed by atoms with E-state index in [0.29, 0.717) is 22.9 Å². The monoisotopic (exact) mass is 429 g/mol. The van der Waals surface area contributed by atoms with Crippen LogP contribution in [0.25, 0.3) is 16.9 Å². The Balaban J connectivity index is 1.45. The molecular weight excluding hydrogens is 410 g/mol. The fraction of sp³-hybridized carbons (Fsp3) is 0.130. The molecule has 32 heavy (non-hydrogen) atoms. The van der Waals surface area contributed by atoms with Gasteiger partial charge >= 0.3 is 6.03 Å². The number of benzene rings is 1. The Hall–Kier alpha value is -4.40. The van der Waals surface area contributed by atoms with Crippen molar-refractivity contribution in [3.8, 4) is 11.3 Å². The summed E-state index contributed by atoms with van der Waals surface area (Å²) in [4.78, 5) is 44.0. The summed E-state index contributed by atoms with van der Waals surface area (Å²) < 4.78 is 7.00. The largest absolute Gasteiger partial charge is 0.467 e. The summed E-state index contributed by atoms with van der Waals surface area (Å²) >= 11 is 0. The number of rotatable bonds is 5. The number of furan rings is 1. The second kappa shape index (κ2) is 8.03. The van der Waals surface area contributed by atoms with Crippen LogP contribution < -0.4 is 10.6 Å². The number of imidazole rings is 1. The molecule has 4 aromatic rings. The fourth-order valence-corrected chi connectivity index (χ4v) is 3.69. The number of nitrogens with one attached hydrogen (secondary N) is 2. The first-order valence-corrected chi connectivity index (χ1v) is 10.1. The molecule has 1 aromatic carbocycles. The molecule has 0 aliphatic carbocycles. The van der Waals surface area contributed by atoms with Gasteiger partial charge in [0.15, 0.2) is 0 Å². The van der Waals surface area contributed by atoms with Crippen molar-refractivity contribution in [3.05, 3.63) is 78.9 Å². The first-order valence-electron chi connectivity index (χ1n) is 10.1. The lowest BCUT2D eigenvalue weighted by atomic mass is 10.0. The molecule has 0 spiro atoms. The quantitative estimate of drug-likeness (QED) is 0.474. The van der Waals surface area contributed by atoms with E-state index in [9.17, 15) is 14.4 Å². The Bertz CT molecular complexity index is 1300. The van der Waals surface area contributed by atoms with Gasteiger partial charge in [0.25, 0.3) is 0 Å². The lowest BCUT2D eigenvalue weighted by Gasteiger charge is -2.30. The van der Waals surface area contributed by atoms with Crippen LogP contribution in [-0.2, 0) is 16.1 Å². The van der Waals surface area contributed by atoms with Crippen molar-refractivity contribution in [2.45, 2.75) is 6.54 Å². The van der Waals surface area contributed by atoms with Gasteiger partial charge in [-0.3, -0.25) is 18.9 Å². The molecule has 1 aliphatic heterocycles. The lowest BCUT2D eigenvalue weighted by Crippen LogP contribution is -2.57. The van der Waals surface area contributed by atoms with Crippen molar-refractivity contribution < 1.29 is 18.8 Å². The van der Waals surface area contributed by atoms with Crippen molar-refractivity contribution >= 4 is 29.3 Å². The Labute approximate surface area is 182 Å². The van der Waals surface area contributed by atoms with Gasteiger partial charge in [-0.15, -0.1) is 0 Å². The van der Waals surface area contributed by atoms with Crippen molar-refractivity contribution in [2.24, 2.45) is 5.92 Å². The predicted molar refractivity (Wildman–Crippen MR) is 115 cm³/mol. The second-order valence-corrected chi connectivity index (χ2v) is 7.34. The zero-order chi connectivity index (χ0) is 22.1. The van der Waals surface area contributed by atoms with Crippen LogP contribution in [0.4, 0.5) is 10.6 Å². The van der Waals surface area contributed by atoms with Crippen molar-refractivity contribution in [3.63, 3.8) is 0 Å². The van der Waals surface area contributed by atoms with E-state index >= 15 is 0 Å². The minimum Gasteiger partial charge on any atom is -0.467 e. The maximum absolute atomic E-state index is 13.2. The maximum Gasteiger partial charge on any atom is 0.324 e. The topological polar surface area (TPSA) is 109 Å². The van der Waals surface area contributed by atoms with Gasteiger partial charge in [0.05, 0.1) is 12.8 Å². The Kier molecular flexibility index (Phi) is 4.91. The van der Waals surface area contributed by atoms with Crippen LogP contribution in [0.15, 0.2) is 77.5 Å². The van der Waals surface area contributed by atoms with Crippen LogP contribution in [0, 0.1) is 5.92 Å². The Morgan fingerprint density at radius 3 is 2.69 bits per heavy atom. The second-order valence-electron chi connectivity index (χ2n) is 7.34. The molecule has 1 aliphatic rings. The molecule has 1 fully saturated rings. The molecule has 3 aromatic heterocycles. The number of fused-ring (bicyclic) bond motifs is 1. The number of aromatic nitrogens is 2. The third kappa shape index (κ3) is 3.49. The van der Waals surface area contributed by atoms with E-state index in [-0.39, 0.29) is 13.1 Å². The van der Waals surface area contributed by atoms with E-state index in [2.05, 4.69) is 15.6 Å². The number of hydrogen-bond donors (Lipinski definition) is 2. The highest BCUT2D eigenvalue weighted by atomic mass is 16.3. The summed E-state index contributed by atoms with van der Waals surface area (Å²) in [6.45, 7) is -0.137. The number of urea groups is 1. The molecule has 4 amide bonds. The van der Waals surface area contributed by atoms with Crippen molar-refractivity contribution in [1.82, 2.24) is 19.6 Å². The van der Waals surface area contributed by atoms with E-state index < -0.39 is 23.8 Å². The predicted octanol–water partition coefficient (Wildman–Crippen LogP) is 2.90. The van der Waals surface area contributed by atoms with Gasteiger partial charge in [-0.2, -0.15) is 0 Å². The normalized spacial score (nSPS) is 16.2.